The van der Waals surface area contributed by atoms with Gasteiger partial charge < -0.3 is 11.0 Å². The molecule has 3 heteroatoms. The van der Waals surface area contributed by atoms with Crippen LogP contribution in [0, 0.1) is 11.8 Å². The second kappa shape index (κ2) is 12.1. The molecule has 0 aliphatic heterocycles. The van der Waals surface area contributed by atoms with Gasteiger partial charge in [0.1, 0.15) is 0 Å². The summed E-state index contributed by atoms with van der Waals surface area (Å²) in [6.45, 7) is 10.0. The Labute approximate surface area is 94.3 Å². The molecule has 0 aliphatic rings. The Bertz CT molecular complexity index is 107. The molecule has 0 amide bonds. The van der Waals surface area contributed by atoms with Crippen LogP contribution in [0.4, 0.5) is 0 Å². The van der Waals surface area contributed by atoms with Crippen LogP contribution < -0.4 is 18.9 Å². The van der Waals surface area contributed by atoms with E-state index in [0.717, 1.165) is 12.8 Å². The van der Waals surface area contributed by atoms with Crippen LogP contribution in [-0.4, -0.2) is 11.1 Å². The van der Waals surface area contributed by atoms with Crippen LogP contribution in [0.15, 0.2) is 0 Å². The predicted octanol–water partition coefficient (Wildman–Crippen LogP) is 0.132. The molecule has 0 heterocycles. The Balaban J connectivity index is -0.000000173. The van der Waals surface area contributed by atoms with Gasteiger partial charge in [-0.25, -0.2) is 0 Å². The molecular formula is C10H21LiO2. The van der Waals surface area contributed by atoms with E-state index < -0.39 is 5.97 Å². The fraction of sp³-hybridized carbons (Fsp3) is 0.800. The number of carboxylic acids is 1. The molecule has 0 aromatic heterocycles. The molecule has 0 rings (SSSR count). The summed E-state index contributed by atoms with van der Waals surface area (Å²) in [7, 11) is 0. The van der Waals surface area contributed by atoms with E-state index in [1.54, 1.807) is 0 Å². The summed E-state index contributed by atoms with van der Waals surface area (Å²) >= 11 is 0. The van der Waals surface area contributed by atoms with Crippen LogP contribution in [0.3, 0.4) is 0 Å². The van der Waals surface area contributed by atoms with Crippen molar-refractivity contribution in [3.05, 3.63) is 5.92 Å². The summed E-state index contributed by atoms with van der Waals surface area (Å²) in [5.41, 5.74) is 0. The summed E-state index contributed by atoms with van der Waals surface area (Å²) in [5, 5.41) is 8.37. The molecule has 1 N–H and O–H groups in total. The monoisotopic (exact) mass is 180 g/mol. The fourth-order valence-electron chi connectivity index (χ4n) is 0.638. The third-order valence-electron chi connectivity index (χ3n) is 1.33. The van der Waals surface area contributed by atoms with Gasteiger partial charge in [0, 0.05) is 0 Å². The smallest absolute Gasteiger partial charge is 0.481 e. The number of aliphatic carboxylic acids is 1. The zero-order valence-corrected chi connectivity index (χ0v) is 9.85. The van der Waals surface area contributed by atoms with Crippen molar-refractivity contribution >= 4 is 5.97 Å². The zero-order chi connectivity index (χ0) is 10.1. The second-order valence-electron chi connectivity index (χ2n) is 3.35. The molecule has 74 valence electrons. The third-order valence-corrected chi connectivity index (χ3v) is 1.33. The molecule has 0 atom stereocenters. The first-order chi connectivity index (χ1) is 5.45. The van der Waals surface area contributed by atoms with Gasteiger partial charge in [-0.05, 0) is 12.8 Å². The maximum absolute atomic E-state index is 10.2. The molecule has 0 unspecified atom stereocenters. The first-order valence-corrected chi connectivity index (χ1v) is 4.45. The van der Waals surface area contributed by atoms with Gasteiger partial charge in [-0.3, -0.25) is 4.79 Å². The minimum atomic E-state index is -0.671. The van der Waals surface area contributed by atoms with E-state index >= 15 is 0 Å². The summed E-state index contributed by atoms with van der Waals surface area (Å²) in [6.07, 6.45) is 1.48. The van der Waals surface area contributed by atoms with Crippen LogP contribution in [0.1, 0.15) is 47.5 Å². The first-order valence-electron chi connectivity index (χ1n) is 4.45. The van der Waals surface area contributed by atoms with Crippen LogP contribution in [0.25, 0.3) is 0 Å². The maximum Gasteiger partial charge on any atom is 1.00 e. The third kappa shape index (κ3) is 18.8. The minimum Gasteiger partial charge on any atom is -0.481 e. The molecule has 0 fully saturated rings. The fourth-order valence-corrected chi connectivity index (χ4v) is 0.638. The van der Waals surface area contributed by atoms with Crippen molar-refractivity contribution in [2.75, 3.05) is 0 Å². The standard InChI is InChI=1S/C6H12O2.C4H9.Li/c1-3-5(4-2)6(7)8;1-4(2)3;/h5H,3-4H2,1-2H3,(H,7,8);1-3H3;/q;-1;+1. The molecular weight excluding hydrogens is 159 g/mol. The van der Waals surface area contributed by atoms with Gasteiger partial charge in [0.15, 0.2) is 0 Å². The molecule has 0 spiro atoms. The van der Waals surface area contributed by atoms with E-state index in [4.69, 9.17) is 5.11 Å². The molecule has 0 bridgehead atoms. The largest absolute Gasteiger partial charge is 1.00 e. The normalized spacial score (nSPS) is 8.85. The predicted molar refractivity (Wildman–Crippen MR) is 52.0 cm³/mol. The average molecular weight is 180 g/mol. The number of hydrogen-bond acceptors (Lipinski definition) is 1. The van der Waals surface area contributed by atoms with E-state index in [2.05, 4.69) is 20.8 Å². The van der Waals surface area contributed by atoms with Gasteiger partial charge in [0.05, 0.1) is 5.92 Å². The van der Waals surface area contributed by atoms with Gasteiger partial charge in [-0.1, -0.05) is 13.8 Å². The zero-order valence-electron chi connectivity index (χ0n) is 9.85. The van der Waals surface area contributed by atoms with Crippen molar-refractivity contribution in [1.82, 2.24) is 0 Å². The number of hydrogen-bond donors (Lipinski definition) is 1. The Morgan fingerprint density at radius 2 is 1.46 bits per heavy atom. The van der Waals surface area contributed by atoms with E-state index in [-0.39, 0.29) is 24.8 Å². The van der Waals surface area contributed by atoms with Crippen molar-refractivity contribution in [3.63, 3.8) is 0 Å². The summed E-state index contributed by atoms with van der Waals surface area (Å²) in [4.78, 5) is 10.2. The van der Waals surface area contributed by atoms with Crippen LogP contribution in [0.5, 0.6) is 0 Å². The van der Waals surface area contributed by atoms with Crippen molar-refractivity contribution in [2.45, 2.75) is 47.5 Å². The van der Waals surface area contributed by atoms with Crippen LogP contribution >= 0.6 is 0 Å². The quantitative estimate of drug-likeness (QED) is 0.495. The Morgan fingerprint density at radius 3 is 1.46 bits per heavy atom. The maximum atomic E-state index is 10.2. The minimum absolute atomic E-state index is 0. The first kappa shape index (κ1) is 18.8. The van der Waals surface area contributed by atoms with Crippen molar-refractivity contribution in [1.29, 1.82) is 0 Å². The molecule has 0 saturated carbocycles. The summed E-state index contributed by atoms with van der Waals surface area (Å²) in [6, 6.07) is 0. The molecule has 0 radical (unpaired) electrons. The summed E-state index contributed by atoms with van der Waals surface area (Å²) in [5.74, 6) is 0.616. The van der Waals surface area contributed by atoms with Crippen LogP contribution in [-0.2, 0) is 4.79 Å². The molecule has 0 aromatic carbocycles. The van der Waals surface area contributed by atoms with E-state index in [0.29, 0.717) is 0 Å². The number of carbonyl (C=O) groups is 1. The Hall–Kier alpha value is 0.0674. The van der Waals surface area contributed by atoms with E-state index in [9.17, 15) is 4.79 Å². The molecule has 0 saturated heterocycles. The van der Waals surface area contributed by atoms with Gasteiger partial charge >= 0.3 is 24.8 Å². The van der Waals surface area contributed by atoms with Gasteiger partial charge in [0.25, 0.3) is 0 Å². The SMILES string of the molecule is CCC(CC)C(=O)O.C[C-](C)C.[Li+]. The number of rotatable bonds is 3. The van der Waals surface area contributed by atoms with E-state index in [1.807, 2.05) is 13.8 Å². The molecule has 2 nitrogen and oxygen atoms in total. The Kier molecular flexibility index (Phi) is 17.4. The van der Waals surface area contributed by atoms with Crippen LogP contribution in [0.2, 0.25) is 0 Å². The average Bonchev–Trinajstić information content (AvgIpc) is 1.87. The van der Waals surface area contributed by atoms with Crippen molar-refractivity contribution in [2.24, 2.45) is 5.92 Å². The number of carboxylic acid groups (broad SMARTS) is 1. The van der Waals surface area contributed by atoms with Crippen molar-refractivity contribution in [3.8, 4) is 0 Å². The molecule has 13 heavy (non-hydrogen) atoms. The topological polar surface area (TPSA) is 37.3 Å². The van der Waals surface area contributed by atoms with Crippen molar-refractivity contribution < 1.29 is 28.8 Å². The molecule has 0 aromatic rings. The second-order valence-corrected chi connectivity index (χ2v) is 3.35. The van der Waals surface area contributed by atoms with E-state index in [1.165, 1.54) is 5.92 Å². The van der Waals surface area contributed by atoms with Gasteiger partial charge in [-0.15, -0.1) is 0 Å². The van der Waals surface area contributed by atoms with Gasteiger partial charge in [-0.2, -0.15) is 20.8 Å². The Morgan fingerprint density at radius 1 is 1.23 bits per heavy atom. The summed E-state index contributed by atoms with van der Waals surface area (Å²) < 4.78 is 0. The van der Waals surface area contributed by atoms with Gasteiger partial charge in [0.2, 0.25) is 0 Å². The molecule has 0 aliphatic carbocycles.